The fourth-order valence-corrected chi connectivity index (χ4v) is 1.51. The quantitative estimate of drug-likeness (QED) is 0.717. The molecule has 0 bridgehead atoms. The molecule has 0 aliphatic carbocycles. The number of nitrogens with zero attached hydrogens (tertiary/aromatic N) is 3. The number of nitrogens with one attached hydrogen (secondary N) is 1. The summed E-state index contributed by atoms with van der Waals surface area (Å²) in [5.74, 6) is 0.459. The van der Waals surface area contributed by atoms with Crippen LogP contribution < -0.4 is 5.73 Å². The topological polar surface area (TPSA) is 72.5 Å². The molecule has 0 spiro atoms. The Labute approximate surface area is 75.9 Å². The van der Waals surface area contributed by atoms with Crippen molar-refractivity contribution in [3.63, 3.8) is 0 Å². The summed E-state index contributed by atoms with van der Waals surface area (Å²) in [5, 5.41) is 4.35. The van der Waals surface area contributed by atoms with Gasteiger partial charge in [0, 0.05) is 7.05 Å². The van der Waals surface area contributed by atoms with Crippen LogP contribution in [-0.4, -0.2) is 19.7 Å². The molecule has 0 fully saturated rings. The molecule has 0 radical (unpaired) electrons. The number of fused-ring (bicyclic) bond motifs is 1. The monoisotopic (exact) mass is 179 g/mol. The van der Waals surface area contributed by atoms with E-state index >= 15 is 0 Å². The number of rotatable bonds is 2. The molecule has 0 atom stereocenters. The molecule has 2 rings (SSSR count). The maximum Gasteiger partial charge on any atom is 0.200 e. The van der Waals surface area contributed by atoms with E-state index in [0.717, 1.165) is 29.7 Å². The van der Waals surface area contributed by atoms with Gasteiger partial charge in [-0.05, 0) is 6.42 Å². The molecular formula is C8H13N5. The third-order valence-corrected chi connectivity index (χ3v) is 2.06. The van der Waals surface area contributed by atoms with Gasteiger partial charge in [0.15, 0.2) is 11.6 Å². The summed E-state index contributed by atoms with van der Waals surface area (Å²) in [6.45, 7) is 2.13. The van der Waals surface area contributed by atoms with E-state index in [1.807, 2.05) is 7.05 Å². The third kappa shape index (κ3) is 1.16. The largest absolute Gasteiger partial charge is 0.369 e. The normalized spacial score (nSPS) is 11.2. The molecule has 2 aromatic heterocycles. The maximum absolute atomic E-state index is 5.56. The molecule has 3 N–H and O–H groups in total. The van der Waals surface area contributed by atoms with Crippen LogP contribution in [0.2, 0.25) is 0 Å². The first-order valence-electron chi connectivity index (χ1n) is 4.39. The summed E-state index contributed by atoms with van der Waals surface area (Å²) in [6.07, 6.45) is 2.03. The van der Waals surface area contributed by atoms with E-state index in [4.69, 9.17) is 5.73 Å². The van der Waals surface area contributed by atoms with Gasteiger partial charge >= 0.3 is 0 Å². The van der Waals surface area contributed by atoms with Crippen molar-refractivity contribution in [3.8, 4) is 0 Å². The summed E-state index contributed by atoms with van der Waals surface area (Å²) in [4.78, 5) is 7.15. The molecule has 0 saturated carbocycles. The number of aryl methyl sites for hydroxylation is 2. The number of nitrogen functional groups attached to an aromatic ring is 1. The number of anilines is 1. The minimum Gasteiger partial charge on any atom is -0.369 e. The van der Waals surface area contributed by atoms with E-state index in [2.05, 4.69) is 22.0 Å². The van der Waals surface area contributed by atoms with Crippen molar-refractivity contribution in [2.45, 2.75) is 19.8 Å². The fraction of sp³-hybridized carbons (Fsp3) is 0.500. The molecular weight excluding hydrogens is 166 g/mol. The van der Waals surface area contributed by atoms with Crippen molar-refractivity contribution in [1.29, 1.82) is 0 Å². The van der Waals surface area contributed by atoms with Crippen LogP contribution in [0.15, 0.2) is 0 Å². The van der Waals surface area contributed by atoms with Crippen LogP contribution in [0.1, 0.15) is 19.0 Å². The fourth-order valence-electron chi connectivity index (χ4n) is 1.51. The lowest BCUT2D eigenvalue weighted by Gasteiger charge is -1.90. The highest BCUT2D eigenvalue weighted by molar-refractivity contribution is 5.76. The van der Waals surface area contributed by atoms with Crippen molar-refractivity contribution >= 4 is 17.1 Å². The minimum atomic E-state index is 0.459. The van der Waals surface area contributed by atoms with E-state index < -0.39 is 0 Å². The zero-order valence-corrected chi connectivity index (χ0v) is 7.83. The summed E-state index contributed by atoms with van der Waals surface area (Å²) in [7, 11) is 1.88. The Hall–Kier alpha value is -1.52. The first-order chi connectivity index (χ1) is 6.22. The zero-order chi connectivity index (χ0) is 9.42. The van der Waals surface area contributed by atoms with Gasteiger partial charge in [0.25, 0.3) is 0 Å². The van der Waals surface area contributed by atoms with Crippen molar-refractivity contribution in [3.05, 3.63) is 5.69 Å². The van der Waals surface area contributed by atoms with Gasteiger partial charge in [-0.2, -0.15) is 10.1 Å². The number of hydrogen-bond acceptors (Lipinski definition) is 3. The van der Waals surface area contributed by atoms with E-state index in [1.165, 1.54) is 0 Å². The molecule has 0 aromatic carbocycles. The Morgan fingerprint density at radius 2 is 2.31 bits per heavy atom. The Kier molecular flexibility index (Phi) is 1.72. The minimum absolute atomic E-state index is 0.459. The number of H-pyrrole nitrogens is 1. The predicted molar refractivity (Wildman–Crippen MR) is 51.3 cm³/mol. The van der Waals surface area contributed by atoms with Crippen molar-refractivity contribution < 1.29 is 0 Å². The number of aromatic nitrogens is 4. The highest BCUT2D eigenvalue weighted by Gasteiger charge is 2.11. The molecule has 0 saturated heterocycles. The standard InChI is InChI=1S/C8H13N5/c1-3-4-5-6-7(13(2)12-5)11-8(9)10-6/h3-4H2,1-2H3,(H3,9,10,11). The molecule has 0 aliphatic rings. The molecule has 70 valence electrons. The zero-order valence-electron chi connectivity index (χ0n) is 7.83. The summed E-state index contributed by atoms with van der Waals surface area (Å²) >= 11 is 0. The van der Waals surface area contributed by atoms with Crippen molar-refractivity contribution in [2.75, 3.05) is 5.73 Å². The van der Waals surface area contributed by atoms with Crippen molar-refractivity contribution in [2.24, 2.45) is 7.05 Å². The lowest BCUT2D eigenvalue weighted by molar-refractivity contribution is 0.745. The summed E-state index contributed by atoms with van der Waals surface area (Å²) < 4.78 is 1.76. The Morgan fingerprint density at radius 1 is 1.54 bits per heavy atom. The van der Waals surface area contributed by atoms with Gasteiger partial charge in [-0.3, -0.25) is 0 Å². The van der Waals surface area contributed by atoms with Crippen LogP contribution in [-0.2, 0) is 13.5 Å². The number of nitrogens with two attached hydrogens (primary N) is 1. The second-order valence-electron chi connectivity index (χ2n) is 3.14. The highest BCUT2D eigenvalue weighted by Crippen LogP contribution is 2.17. The summed E-state index contributed by atoms with van der Waals surface area (Å²) in [6, 6.07) is 0. The number of hydrogen-bond donors (Lipinski definition) is 2. The second-order valence-corrected chi connectivity index (χ2v) is 3.14. The molecule has 0 unspecified atom stereocenters. The molecule has 0 aliphatic heterocycles. The van der Waals surface area contributed by atoms with Crippen LogP contribution in [0.4, 0.5) is 5.95 Å². The van der Waals surface area contributed by atoms with Crippen LogP contribution in [0.25, 0.3) is 11.2 Å². The number of aromatic amines is 1. The van der Waals surface area contributed by atoms with Gasteiger partial charge in [0.05, 0.1) is 5.69 Å². The highest BCUT2D eigenvalue weighted by atomic mass is 15.3. The van der Waals surface area contributed by atoms with E-state index in [9.17, 15) is 0 Å². The van der Waals surface area contributed by atoms with Gasteiger partial charge in [-0.25, -0.2) is 4.68 Å². The molecule has 2 aromatic rings. The third-order valence-electron chi connectivity index (χ3n) is 2.06. The Morgan fingerprint density at radius 3 is 3.00 bits per heavy atom. The van der Waals surface area contributed by atoms with Gasteiger partial charge < -0.3 is 10.7 Å². The van der Waals surface area contributed by atoms with Gasteiger partial charge in [-0.15, -0.1) is 0 Å². The van der Waals surface area contributed by atoms with Gasteiger partial charge in [-0.1, -0.05) is 13.3 Å². The molecule has 0 amide bonds. The molecule has 5 nitrogen and oxygen atoms in total. The molecule has 13 heavy (non-hydrogen) atoms. The van der Waals surface area contributed by atoms with Crippen LogP contribution in [0.5, 0.6) is 0 Å². The second kappa shape index (κ2) is 2.76. The van der Waals surface area contributed by atoms with Crippen molar-refractivity contribution in [1.82, 2.24) is 19.7 Å². The van der Waals surface area contributed by atoms with Gasteiger partial charge in [0.1, 0.15) is 5.52 Å². The Bertz CT molecular complexity index is 425. The average Bonchev–Trinajstić information content (AvgIpc) is 2.55. The Balaban J connectivity index is 2.61. The molecule has 2 heterocycles. The lowest BCUT2D eigenvalue weighted by Crippen LogP contribution is -1.95. The van der Waals surface area contributed by atoms with Crippen LogP contribution in [0.3, 0.4) is 0 Å². The smallest absolute Gasteiger partial charge is 0.200 e. The number of imidazole rings is 1. The maximum atomic E-state index is 5.56. The van der Waals surface area contributed by atoms with Crippen LogP contribution >= 0.6 is 0 Å². The van der Waals surface area contributed by atoms with E-state index in [0.29, 0.717) is 5.95 Å². The van der Waals surface area contributed by atoms with E-state index in [-0.39, 0.29) is 0 Å². The summed E-state index contributed by atoms with van der Waals surface area (Å²) in [5.41, 5.74) is 8.41. The van der Waals surface area contributed by atoms with Gasteiger partial charge in [0.2, 0.25) is 0 Å². The van der Waals surface area contributed by atoms with Crippen LogP contribution in [0, 0.1) is 0 Å². The molecule has 5 heteroatoms. The predicted octanol–water partition coefficient (Wildman–Crippen LogP) is 0.831. The van der Waals surface area contributed by atoms with E-state index in [1.54, 1.807) is 4.68 Å². The first-order valence-corrected chi connectivity index (χ1v) is 4.39. The first kappa shape index (κ1) is 8.10. The lowest BCUT2D eigenvalue weighted by atomic mass is 10.2. The SMILES string of the molecule is CCCc1nn(C)c2nc(N)[nH]c12. The average molecular weight is 179 g/mol.